The minimum absolute atomic E-state index is 0.0837. The van der Waals surface area contributed by atoms with Crippen LogP contribution in [-0.2, 0) is 16.0 Å². The van der Waals surface area contributed by atoms with E-state index in [0.29, 0.717) is 17.7 Å². The van der Waals surface area contributed by atoms with Gasteiger partial charge in [0.05, 0.1) is 22.9 Å². The lowest BCUT2D eigenvalue weighted by atomic mass is 9.49. The first-order chi connectivity index (χ1) is 12.9. The number of hydrogen-bond donors (Lipinski definition) is 3. The topological polar surface area (TPSA) is 86.9 Å². The van der Waals surface area contributed by atoms with Crippen molar-refractivity contribution < 1.29 is 9.59 Å². The molecule has 0 radical (unpaired) electrons. The minimum atomic E-state index is -0.418. The second kappa shape index (κ2) is 5.96. The first-order valence-electron chi connectivity index (χ1n) is 9.65. The van der Waals surface area contributed by atoms with Crippen LogP contribution in [-0.4, -0.2) is 26.7 Å². The van der Waals surface area contributed by atoms with Crippen molar-refractivity contribution in [3.05, 3.63) is 30.1 Å². The van der Waals surface area contributed by atoms with Gasteiger partial charge in [-0.2, -0.15) is 0 Å². The van der Waals surface area contributed by atoms with Crippen LogP contribution in [0.2, 0.25) is 0 Å². The predicted molar refractivity (Wildman–Crippen MR) is 102 cm³/mol. The van der Waals surface area contributed by atoms with Gasteiger partial charge >= 0.3 is 0 Å². The van der Waals surface area contributed by atoms with Gasteiger partial charge in [0, 0.05) is 4.87 Å². The van der Waals surface area contributed by atoms with E-state index in [1.54, 1.807) is 0 Å². The molecule has 2 unspecified atom stereocenters. The fourth-order valence-corrected chi connectivity index (χ4v) is 6.65. The fourth-order valence-electron chi connectivity index (χ4n) is 5.96. The Morgan fingerprint density at radius 3 is 2.59 bits per heavy atom. The molecule has 4 saturated carbocycles. The number of hydrazine groups is 1. The summed E-state index contributed by atoms with van der Waals surface area (Å²) in [6.07, 6.45) is 5.85. The molecule has 142 valence electrons. The van der Waals surface area contributed by atoms with Gasteiger partial charge in [-0.3, -0.25) is 20.4 Å². The van der Waals surface area contributed by atoms with Gasteiger partial charge in [-0.15, -0.1) is 11.6 Å². The molecular weight excluding hydrogens is 364 g/mol. The molecular formula is C20H23ClN4O2. The molecule has 1 aromatic heterocycles. The Morgan fingerprint density at radius 1 is 1.15 bits per heavy atom. The summed E-state index contributed by atoms with van der Waals surface area (Å²) >= 11 is 6.79. The highest BCUT2D eigenvalue weighted by Crippen LogP contribution is 2.63. The minimum Gasteiger partial charge on any atom is -0.342 e. The molecule has 2 aromatic rings. The van der Waals surface area contributed by atoms with Crippen LogP contribution >= 0.6 is 11.6 Å². The maximum atomic E-state index is 12.9. The molecule has 27 heavy (non-hydrogen) atoms. The number of para-hydroxylation sites is 2. The molecule has 7 heteroatoms. The third-order valence-electron chi connectivity index (χ3n) is 6.55. The van der Waals surface area contributed by atoms with Crippen molar-refractivity contribution in [3.63, 3.8) is 0 Å². The van der Waals surface area contributed by atoms with Gasteiger partial charge in [-0.25, -0.2) is 4.98 Å². The number of H-pyrrole nitrogens is 1. The van der Waals surface area contributed by atoms with Gasteiger partial charge in [0.15, 0.2) is 0 Å². The van der Waals surface area contributed by atoms with Gasteiger partial charge < -0.3 is 4.98 Å². The molecule has 1 aromatic carbocycles. The van der Waals surface area contributed by atoms with Crippen LogP contribution < -0.4 is 10.9 Å². The summed E-state index contributed by atoms with van der Waals surface area (Å²) in [5.41, 5.74) is 6.54. The van der Waals surface area contributed by atoms with Crippen molar-refractivity contribution in [2.45, 2.75) is 49.8 Å². The highest BCUT2D eigenvalue weighted by atomic mass is 35.5. The Hall–Kier alpha value is -2.08. The number of halogens is 1. The van der Waals surface area contributed by atoms with Crippen LogP contribution in [0.15, 0.2) is 24.3 Å². The summed E-state index contributed by atoms with van der Waals surface area (Å²) in [6, 6.07) is 7.63. The molecule has 0 spiro atoms. The maximum absolute atomic E-state index is 12.9. The highest BCUT2D eigenvalue weighted by Gasteiger charge is 2.60. The highest BCUT2D eigenvalue weighted by molar-refractivity contribution is 6.24. The van der Waals surface area contributed by atoms with Gasteiger partial charge in [0.25, 0.3) is 0 Å². The van der Waals surface area contributed by atoms with Crippen LogP contribution in [0.3, 0.4) is 0 Å². The molecule has 1 heterocycles. The van der Waals surface area contributed by atoms with Crippen molar-refractivity contribution in [3.8, 4) is 0 Å². The van der Waals surface area contributed by atoms with Gasteiger partial charge in [-0.1, -0.05) is 12.1 Å². The van der Waals surface area contributed by atoms with E-state index in [2.05, 4.69) is 20.8 Å². The number of fused-ring (bicyclic) bond motifs is 1. The van der Waals surface area contributed by atoms with E-state index >= 15 is 0 Å². The van der Waals surface area contributed by atoms with Crippen LogP contribution in [0, 0.1) is 17.3 Å². The second-order valence-corrected chi connectivity index (χ2v) is 9.57. The third-order valence-corrected chi connectivity index (χ3v) is 7.00. The summed E-state index contributed by atoms with van der Waals surface area (Å²) in [6.45, 7) is 0. The quantitative estimate of drug-likeness (QED) is 0.560. The first kappa shape index (κ1) is 17.0. The number of alkyl halides is 1. The normalized spacial score (nSPS) is 34.0. The molecule has 4 aliphatic rings. The summed E-state index contributed by atoms with van der Waals surface area (Å²) in [5.74, 6) is 1.30. The van der Waals surface area contributed by atoms with Crippen LogP contribution in [0.5, 0.6) is 0 Å². The molecule has 6 rings (SSSR count). The first-order valence-corrected chi connectivity index (χ1v) is 10.0. The summed E-state index contributed by atoms with van der Waals surface area (Å²) in [4.78, 5) is 32.5. The summed E-state index contributed by atoms with van der Waals surface area (Å²) in [7, 11) is 0. The largest absolute Gasteiger partial charge is 0.342 e. The molecule has 6 nitrogen and oxygen atoms in total. The summed E-state index contributed by atoms with van der Waals surface area (Å²) < 4.78 is 0. The fraction of sp³-hybridized carbons (Fsp3) is 0.550. The standard InChI is InChI=1S/C20H23ClN4O2/c21-20-9-12-5-13(10-20)8-19(7-12,11-20)18(27)25-24-17(26)6-16-22-14-3-1-2-4-15(14)23-16/h1-4,12-13H,5-11H2,(H,22,23)(H,24,26)(H,25,27)/t12-,13+,19?,20?. The zero-order valence-corrected chi connectivity index (χ0v) is 15.8. The number of carbonyl (C=O) groups is 2. The smallest absolute Gasteiger partial charge is 0.245 e. The van der Waals surface area contributed by atoms with E-state index in [-0.39, 0.29) is 23.1 Å². The van der Waals surface area contributed by atoms with Crippen molar-refractivity contribution >= 4 is 34.4 Å². The molecule has 3 N–H and O–H groups in total. The van der Waals surface area contributed by atoms with Crippen molar-refractivity contribution in [2.24, 2.45) is 17.3 Å². The van der Waals surface area contributed by atoms with E-state index in [9.17, 15) is 9.59 Å². The predicted octanol–water partition coefficient (Wildman–Crippen LogP) is 2.83. The van der Waals surface area contributed by atoms with E-state index in [1.807, 2.05) is 24.3 Å². The van der Waals surface area contributed by atoms with Crippen LogP contribution in [0.4, 0.5) is 0 Å². The van der Waals surface area contributed by atoms with Crippen molar-refractivity contribution in [2.75, 3.05) is 0 Å². The van der Waals surface area contributed by atoms with Crippen LogP contribution in [0.1, 0.15) is 44.3 Å². The zero-order valence-electron chi connectivity index (χ0n) is 15.1. The summed E-state index contributed by atoms with van der Waals surface area (Å²) in [5, 5.41) is 0. The van der Waals surface area contributed by atoms with Gasteiger partial charge in [-0.05, 0) is 62.5 Å². The van der Waals surface area contributed by atoms with E-state index in [0.717, 1.165) is 43.1 Å². The number of benzene rings is 1. The molecule has 0 aliphatic heterocycles. The number of amides is 2. The lowest BCUT2D eigenvalue weighted by molar-refractivity contribution is -0.147. The number of imidazole rings is 1. The average molecular weight is 387 g/mol. The molecule has 4 fully saturated rings. The zero-order chi connectivity index (χ0) is 18.6. The van der Waals surface area contributed by atoms with Crippen molar-refractivity contribution in [1.82, 2.24) is 20.8 Å². The molecule has 4 bridgehead atoms. The monoisotopic (exact) mass is 386 g/mol. The maximum Gasteiger partial charge on any atom is 0.245 e. The Labute approximate surface area is 162 Å². The molecule has 2 amide bonds. The van der Waals surface area contributed by atoms with Crippen molar-refractivity contribution in [1.29, 1.82) is 0 Å². The van der Waals surface area contributed by atoms with E-state index in [4.69, 9.17) is 11.6 Å². The SMILES string of the molecule is O=C(Cc1nc2ccccc2[nH]1)NNC(=O)C12C[C@@H]3C[C@@H](CC(Cl)(C3)C1)C2. The lowest BCUT2D eigenvalue weighted by Crippen LogP contribution is -2.60. The number of hydrogen-bond acceptors (Lipinski definition) is 3. The Morgan fingerprint density at radius 2 is 1.89 bits per heavy atom. The number of nitrogens with one attached hydrogen (secondary N) is 3. The van der Waals surface area contributed by atoms with E-state index < -0.39 is 5.41 Å². The number of aromatic amines is 1. The molecule has 0 saturated heterocycles. The number of rotatable bonds is 3. The number of aromatic nitrogens is 2. The second-order valence-electron chi connectivity index (χ2n) is 8.77. The molecule has 4 atom stereocenters. The Bertz CT molecular complexity index is 877. The lowest BCUT2D eigenvalue weighted by Gasteiger charge is -2.59. The Kier molecular flexibility index (Phi) is 3.76. The van der Waals surface area contributed by atoms with Gasteiger partial charge in [0.1, 0.15) is 5.82 Å². The number of carbonyl (C=O) groups excluding carboxylic acids is 2. The molecule has 4 aliphatic carbocycles. The van der Waals surface area contributed by atoms with E-state index in [1.165, 1.54) is 6.42 Å². The average Bonchev–Trinajstić information content (AvgIpc) is 2.99. The van der Waals surface area contributed by atoms with Gasteiger partial charge in [0.2, 0.25) is 11.8 Å². The number of nitrogens with zero attached hydrogens (tertiary/aromatic N) is 1. The van der Waals surface area contributed by atoms with Crippen LogP contribution in [0.25, 0.3) is 11.0 Å². The third kappa shape index (κ3) is 3.00. The Balaban J connectivity index is 1.22.